The summed E-state index contributed by atoms with van der Waals surface area (Å²) in [4.78, 5) is 30.3. The molecule has 2 amide bonds. The second-order valence-corrected chi connectivity index (χ2v) is 10.8. The fourth-order valence-corrected chi connectivity index (χ4v) is 5.90. The first-order valence-electron chi connectivity index (χ1n) is 12.5. The molecule has 2 aliphatic rings. The zero-order chi connectivity index (χ0) is 25.9. The molecule has 0 spiro atoms. The van der Waals surface area contributed by atoms with Crippen molar-refractivity contribution in [1.82, 2.24) is 4.90 Å². The van der Waals surface area contributed by atoms with E-state index in [4.69, 9.17) is 0 Å². The number of carbonyl (C=O) groups excluding carboxylic acids is 2. The van der Waals surface area contributed by atoms with Gasteiger partial charge in [-0.3, -0.25) is 9.59 Å². The van der Waals surface area contributed by atoms with Crippen LogP contribution in [-0.2, 0) is 10.5 Å². The van der Waals surface area contributed by atoms with Crippen LogP contribution in [0.25, 0.3) is 0 Å². The number of aryl methyl sites for hydroxylation is 1. The largest absolute Gasteiger partial charge is 0.371 e. The van der Waals surface area contributed by atoms with E-state index < -0.39 is 0 Å². The van der Waals surface area contributed by atoms with Crippen molar-refractivity contribution >= 4 is 40.6 Å². The molecule has 2 aliphatic heterocycles. The van der Waals surface area contributed by atoms with Crippen LogP contribution in [0.15, 0.2) is 66.7 Å². The Labute approximate surface area is 221 Å². The van der Waals surface area contributed by atoms with Gasteiger partial charge in [-0.05, 0) is 67.4 Å². The summed E-state index contributed by atoms with van der Waals surface area (Å²) in [5.74, 6) is 0.873. The van der Waals surface area contributed by atoms with Gasteiger partial charge in [0.1, 0.15) is 11.9 Å². The van der Waals surface area contributed by atoms with Crippen molar-refractivity contribution in [2.45, 2.75) is 31.7 Å². The number of carbonyl (C=O) groups is 2. The third-order valence-electron chi connectivity index (χ3n) is 6.89. The number of rotatable bonds is 6. The first-order valence-corrected chi connectivity index (χ1v) is 13.7. The molecule has 0 aliphatic carbocycles. The van der Waals surface area contributed by atoms with Crippen molar-refractivity contribution < 1.29 is 14.0 Å². The third kappa shape index (κ3) is 5.74. The monoisotopic (exact) mass is 518 g/mol. The maximum absolute atomic E-state index is 13.3. The zero-order valence-corrected chi connectivity index (χ0v) is 21.9. The number of hydrogen-bond donors (Lipinski definition) is 2. The minimum absolute atomic E-state index is 0.0234. The average molecular weight is 519 g/mol. The van der Waals surface area contributed by atoms with Gasteiger partial charge in [-0.25, -0.2) is 4.39 Å². The van der Waals surface area contributed by atoms with E-state index >= 15 is 0 Å². The lowest BCUT2D eigenvalue weighted by Crippen LogP contribution is -2.53. The second-order valence-electron chi connectivity index (χ2n) is 9.72. The molecule has 0 unspecified atom stereocenters. The SMILES string of the molecule is Cc1cccc(N2CCN(C(=O)c3ccc4c(c3)NC(=O)[C@H](CSCc3ccc(F)cc3)N4)C[C@H]2C)c1. The summed E-state index contributed by atoms with van der Waals surface area (Å²) in [7, 11) is 0. The number of nitrogens with zero attached hydrogens (tertiary/aromatic N) is 2. The number of amides is 2. The number of piperazine rings is 1. The van der Waals surface area contributed by atoms with E-state index in [-0.39, 0.29) is 29.7 Å². The number of thioether (sulfide) groups is 1. The van der Waals surface area contributed by atoms with Crippen molar-refractivity contribution in [2.75, 3.05) is 40.9 Å². The highest BCUT2D eigenvalue weighted by Gasteiger charge is 2.30. The van der Waals surface area contributed by atoms with Gasteiger partial charge in [0.15, 0.2) is 0 Å². The molecule has 5 rings (SSSR count). The topological polar surface area (TPSA) is 64.7 Å². The number of fused-ring (bicyclic) bond motifs is 1. The molecule has 3 aromatic rings. The van der Waals surface area contributed by atoms with E-state index in [0.29, 0.717) is 35.8 Å². The Morgan fingerprint density at radius 2 is 1.86 bits per heavy atom. The summed E-state index contributed by atoms with van der Waals surface area (Å²) in [6.45, 7) is 6.30. The van der Waals surface area contributed by atoms with Crippen LogP contribution >= 0.6 is 11.8 Å². The molecule has 1 saturated heterocycles. The molecule has 2 N–H and O–H groups in total. The van der Waals surface area contributed by atoms with Crippen LogP contribution in [0, 0.1) is 12.7 Å². The Morgan fingerprint density at radius 3 is 2.62 bits per heavy atom. The Kier molecular flexibility index (Phi) is 7.37. The highest BCUT2D eigenvalue weighted by Crippen LogP contribution is 2.30. The van der Waals surface area contributed by atoms with Gasteiger partial charge in [0.25, 0.3) is 5.91 Å². The first-order chi connectivity index (χ1) is 17.9. The summed E-state index contributed by atoms with van der Waals surface area (Å²) in [5.41, 5.74) is 5.43. The third-order valence-corrected chi connectivity index (χ3v) is 7.99. The fraction of sp³-hybridized carbons (Fsp3) is 0.310. The highest BCUT2D eigenvalue weighted by atomic mass is 32.2. The van der Waals surface area contributed by atoms with Crippen molar-refractivity contribution in [2.24, 2.45) is 0 Å². The van der Waals surface area contributed by atoms with Crippen LogP contribution in [0.1, 0.15) is 28.4 Å². The molecular formula is C29H31FN4O2S. The van der Waals surface area contributed by atoms with Crippen LogP contribution in [-0.4, -0.2) is 54.2 Å². The maximum Gasteiger partial charge on any atom is 0.254 e. The number of halogens is 1. The molecule has 192 valence electrons. The Bertz CT molecular complexity index is 1300. The van der Waals surface area contributed by atoms with E-state index in [0.717, 1.165) is 17.8 Å². The van der Waals surface area contributed by atoms with Crippen LogP contribution in [0.5, 0.6) is 0 Å². The summed E-state index contributed by atoms with van der Waals surface area (Å²) in [6, 6.07) is 20.1. The summed E-state index contributed by atoms with van der Waals surface area (Å²) < 4.78 is 13.1. The lowest BCUT2D eigenvalue weighted by molar-refractivity contribution is -0.116. The van der Waals surface area contributed by atoms with Gasteiger partial charge < -0.3 is 20.4 Å². The van der Waals surface area contributed by atoms with Crippen molar-refractivity contribution in [1.29, 1.82) is 0 Å². The van der Waals surface area contributed by atoms with Gasteiger partial charge in [0.2, 0.25) is 5.91 Å². The number of anilines is 3. The van der Waals surface area contributed by atoms with Crippen molar-refractivity contribution in [3.05, 3.63) is 89.2 Å². The molecule has 0 aromatic heterocycles. The summed E-state index contributed by atoms with van der Waals surface area (Å²) >= 11 is 1.61. The van der Waals surface area contributed by atoms with Gasteiger partial charge in [-0.2, -0.15) is 11.8 Å². The molecule has 1 fully saturated rings. The van der Waals surface area contributed by atoms with Gasteiger partial charge in [0.05, 0.1) is 11.4 Å². The van der Waals surface area contributed by atoms with Crippen molar-refractivity contribution in [3.63, 3.8) is 0 Å². The maximum atomic E-state index is 13.3. The predicted octanol–water partition coefficient (Wildman–Crippen LogP) is 5.15. The standard InChI is InChI=1S/C29H31FN4O2S/c1-19-4-3-5-24(14-19)34-13-12-33(16-20(34)2)29(36)22-8-11-25-26(15-22)32-28(35)27(31-25)18-37-17-21-6-9-23(30)10-7-21/h3-11,14-15,20,27,31H,12-13,16-18H2,1-2H3,(H,32,35)/t20-,27+/m1/s1. The zero-order valence-electron chi connectivity index (χ0n) is 21.0. The van der Waals surface area contributed by atoms with E-state index in [1.807, 2.05) is 17.0 Å². The molecule has 0 bridgehead atoms. The van der Waals surface area contributed by atoms with E-state index in [9.17, 15) is 14.0 Å². The lowest BCUT2D eigenvalue weighted by Gasteiger charge is -2.41. The normalized spacial score (nSPS) is 19.2. The molecule has 2 heterocycles. The molecule has 2 atom stereocenters. The molecule has 0 saturated carbocycles. The number of benzene rings is 3. The second kappa shape index (κ2) is 10.8. The van der Waals surface area contributed by atoms with Crippen LogP contribution in [0.4, 0.5) is 21.5 Å². The van der Waals surface area contributed by atoms with Gasteiger partial charge in [-0.1, -0.05) is 24.3 Å². The van der Waals surface area contributed by atoms with Gasteiger partial charge in [0, 0.05) is 48.4 Å². The van der Waals surface area contributed by atoms with Crippen LogP contribution in [0.2, 0.25) is 0 Å². The molecule has 6 nitrogen and oxygen atoms in total. The molecule has 8 heteroatoms. The Balaban J connectivity index is 1.19. The summed E-state index contributed by atoms with van der Waals surface area (Å²) in [5, 5.41) is 6.26. The molecule has 0 radical (unpaired) electrons. The number of hydrogen-bond acceptors (Lipinski definition) is 5. The fourth-order valence-electron chi connectivity index (χ4n) is 4.89. The van der Waals surface area contributed by atoms with E-state index in [2.05, 4.69) is 53.6 Å². The minimum atomic E-state index is -0.380. The van der Waals surface area contributed by atoms with Crippen LogP contribution in [0.3, 0.4) is 0 Å². The predicted molar refractivity (Wildman–Crippen MR) is 149 cm³/mol. The van der Waals surface area contributed by atoms with Crippen molar-refractivity contribution in [3.8, 4) is 0 Å². The van der Waals surface area contributed by atoms with Crippen LogP contribution < -0.4 is 15.5 Å². The van der Waals surface area contributed by atoms with Gasteiger partial charge in [-0.15, -0.1) is 0 Å². The van der Waals surface area contributed by atoms with E-state index in [1.54, 1.807) is 30.0 Å². The van der Waals surface area contributed by atoms with Gasteiger partial charge >= 0.3 is 0 Å². The highest BCUT2D eigenvalue weighted by molar-refractivity contribution is 7.98. The smallest absolute Gasteiger partial charge is 0.254 e. The molecule has 3 aromatic carbocycles. The molecule has 37 heavy (non-hydrogen) atoms. The molecular weight excluding hydrogens is 487 g/mol. The number of nitrogens with one attached hydrogen (secondary N) is 2. The summed E-state index contributed by atoms with van der Waals surface area (Å²) in [6.07, 6.45) is 0. The Morgan fingerprint density at radius 1 is 1.05 bits per heavy atom. The lowest BCUT2D eigenvalue weighted by atomic mass is 10.1. The Hall–Kier alpha value is -3.52. The average Bonchev–Trinajstić information content (AvgIpc) is 2.89. The first kappa shape index (κ1) is 25.1. The van der Waals surface area contributed by atoms with E-state index in [1.165, 1.54) is 23.4 Å². The quantitative estimate of drug-likeness (QED) is 0.473. The minimum Gasteiger partial charge on any atom is -0.371 e.